The zero-order valence-corrected chi connectivity index (χ0v) is 9.51. The Labute approximate surface area is 87.7 Å². The number of hydrogen-bond donors (Lipinski definition) is 2. The molecule has 0 saturated heterocycles. The van der Waals surface area contributed by atoms with Gasteiger partial charge >= 0.3 is 0 Å². The standard InChI is InChI=1S/C8H16N4OS/c1-4-6-10-11-7(12(6)9)14-5-8(2,3)13/h13H,4-5,9H2,1-3H3. The molecule has 0 aliphatic rings. The highest BCUT2D eigenvalue weighted by atomic mass is 32.2. The van der Waals surface area contributed by atoms with E-state index in [1.165, 1.54) is 16.4 Å². The van der Waals surface area contributed by atoms with Crippen molar-refractivity contribution in [1.29, 1.82) is 0 Å². The minimum atomic E-state index is -0.719. The monoisotopic (exact) mass is 216 g/mol. The predicted molar refractivity (Wildman–Crippen MR) is 56.6 cm³/mol. The molecular formula is C8H16N4OS. The van der Waals surface area contributed by atoms with Crippen LogP contribution in [-0.2, 0) is 6.42 Å². The quantitative estimate of drug-likeness (QED) is 0.563. The first-order valence-electron chi connectivity index (χ1n) is 4.48. The number of aliphatic hydroxyl groups is 1. The van der Waals surface area contributed by atoms with Gasteiger partial charge in [-0.05, 0) is 13.8 Å². The van der Waals surface area contributed by atoms with Gasteiger partial charge in [-0.15, -0.1) is 10.2 Å². The molecule has 0 atom stereocenters. The fourth-order valence-corrected chi connectivity index (χ4v) is 1.71. The van der Waals surface area contributed by atoms with Crippen molar-refractivity contribution in [2.75, 3.05) is 11.6 Å². The number of nitrogen functional groups attached to an aromatic ring is 1. The second-order valence-corrected chi connectivity index (χ2v) is 4.67. The SMILES string of the molecule is CCc1nnc(SCC(C)(C)O)n1N. The van der Waals surface area contributed by atoms with Crippen LogP contribution < -0.4 is 5.84 Å². The van der Waals surface area contributed by atoms with Crippen molar-refractivity contribution >= 4 is 11.8 Å². The minimum absolute atomic E-state index is 0.548. The zero-order chi connectivity index (χ0) is 10.8. The lowest BCUT2D eigenvalue weighted by atomic mass is 10.2. The van der Waals surface area contributed by atoms with Crippen molar-refractivity contribution < 1.29 is 5.11 Å². The highest BCUT2D eigenvalue weighted by Gasteiger charge is 2.16. The molecule has 0 amide bonds. The maximum Gasteiger partial charge on any atom is 0.209 e. The van der Waals surface area contributed by atoms with Crippen LogP contribution in [0, 0.1) is 0 Å². The molecule has 1 aromatic heterocycles. The van der Waals surface area contributed by atoms with E-state index in [1.54, 1.807) is 13.8 Å². The van der Waals surface area contributed by atoms with Crippen molar-refractivity contribution in [2.24, 2.45) is 0 Å². The predicted octanol–water partition coefficient (Wildman–Crippen LogP) is 0.417. The van der Waals surface area contributed by atoms with Gasteiger partial charge in [-0.3, -0.25) is 0 Å². The van der Waals surface area contributed by atoms with E-state index in [0.717, 1.165) is 12.2 Å². The Kier molecular flexibility index (Phi) is 3.38. The van der Waals surface area contributed by atoms with E-state index in [1.807, 2.05) is 6.92 Å². The van der Waals surface area contributed by atoms with Gasteiger partial charge in [-0.1, -0.05) is 18.7 Å². The number of aromatic nitrogens is 3. The summed E-state index contributed by atoms with van der Waals surface area (Å²) >= 11 is 1.40. The number of nitrogens with two attached hydrogens (primary N) is 1. The average Bonchev–Trinajstić information content (AvgIpc) is 2.42. The Morgan fingerprint density at radius 1 is 1.50 bits per heavy atom. The van der Waals surface area contributed by atoms with Crippen molar-refractivity contribution in [3.8, 4) is 0 Å². The Bertz CT molecular complexity index is 305. The topological polar surface area (TPSA) is 77.0 Å². The highest BCUT2D eigenvalue weighted by Crippen LogP contribution is 2.19. The Hall–Kier alpha value is -0.750. The normalized spacial score (nSPS) is 12.0. The molecule has 0 saturated carbocycles. The van der Waals surface area contributed by atoms with Crippen molar-refractivity contribution in [3.05, 3.63) is 5.82 Å². The molecule has 3 N–H and O–H groups in total. The summed E-state index contributed by atoms with van der Waals surface area (Å²) < 4.78 is 1.47. The van der Waals surface area contributed by atoms with Gasteiger partial charge in [-0.2, -0.15) is 0 Å². The summed E-state index contributed by atoms with van der Waals surface area (Å²) in [6.07, 6.45) is 0.757. The lowest BCUT2D eigenvalue weighted by Crippen LogP contribution is -2.22. The van der Waals surface area contributed by atoms with Gasteiger partial charge in [0.2, 0.25) is 5.16 Å². The largest absolute Gasteiger partial charge is 0.390 e. The summed E-state index contributed by atoms with van der Waals surface area (Å²) in [5.74, 6) is 7.03. The molecule has 0 aliphatic heterocycles. The zero-order valence-electron chi connectivity index (χ0n) is 8.69. The molecule has 1 aromatic rings. The lowest BCUT2D eigenvalue weighted by molar-refractivity contribution is 0.107. The van der Waals surface area contributed by atoms with Crippen molar-refractivity contribution in [1.82, 2.24) is 14.9 Å². The van der Waals surface area contributed by atoms with Crippen LogP contribution >= 0.6 is 11.8 Å². The number of hydrogen-bond acceptors (Lipinski definition) is 5. The van der Waals surface area contributed by atoms with Crippen LogP contribution in [0.4, 0.5) is 0 Å². The summed E-state index contributed by atoms with van der Waals surface area (Å²) in [5.41, 5.74) is -0.719. The van der Waals surface area contributed by atoms with E-state index in [4.69, 9.17) is 5.84 Å². The van der Waals surface area contributed by atoms with E-state index < -0.39 is 5.60 Å². The first kappa shape index (κ1) is 11.3. The van der Waals surface area contributed by atoms with Gasteiger partial charge in [0.15, 0.2) is 5.82 Å². The van der Waals surface area contributed by atoms with Crippen LogP contribution in [0.5, 0.6) is 0 Å². The average molecular weight is 216 g/mol. The number of thioether (sulfide) groups is 1. The molecule has 0 aliphatic carbocycles. The second kappa shape index (κ2) is 4.18. The molecular weight excluding hydrogens is 200 g/mol. The molecule has 1 rings (SSSR count). The van der Waals surface area contributed by atoms with Gasteiger partial charge in [0.25, 0.3) is 0 Å². The summed E-state index contributed by atoms with van der Waals surface area (Å²) in [5, 5.41) is 18.0. The number of nitrogens with zero attached hydrogens (tertiary/aromatic N) is 3. The Morgan fingerprint density at radius 3 is 2.57 bits per heavy atom. The van der Waals surface area contributed by atoms with Gasteiger partial charge in [0.05, 0.1) is 5.60 Å². The van der Waals surface area contributed by atoms with Crippen LogP contribution in [0.3, 0.4) is 0 Å². The smallest absolute Gasteiger partial charge is 0.209 e. The van der Waals surface area contributed by atoms with Gasteiger partial charge in [-0.25, -0.2) is 4.68 Å². The maximum atomic E-state index is 9.51. The Balaban J connectivity index is 2.64. The van der Waals surface area contributed by atoms with Crippen LogP contribution in [0.1, 0.15) is 26.6 Å². The molecule has 0 unspecified atom stereocenters. The fourth-order valence-electron chi connectivity index (χ4n) is 0.888. The summed E-state index contributed by atoms with van der Waals surface area (Å²) in [6, 6.07) is 0. The third-order valence-electron chi connectivity index (χ3n) is 1.61. The summed E-state index contributed by atoms with van der Waals surface area (Å²) in [7, 11) is 0. The molecule has 0 fully saturated rings. The van der Waals surface area contributed by atoms with E-state index in [2.05, 4.69) is 10.2 Å². The molecule has 6 heteroatoms. The summed E-state index contributed by atoms with van der Waals surface area (Å²) in [4.78, 5) is 0. The molecule has 0 radical (unpaired) electrons. The maximum absolute atomic E-state index is 9.51. The van der Waals surface area contributed by atoms with E-state index >= 15 is 0 Å². The molecule has 0 aromatic carbocycles. The van der Waals surface area contributed by atoms with E-state index in [0.29, 0.717) is 10.9 Å². The van der Waals surface area contributed by atoms with Crippen molar-refractivity contribution in [2.45, 2.75) is 37.9 Å². The van der Waals surface area contributed by atoms with Crippen LogP contribution in [0.25, 0.3) is 0 Å². The number of rotatable bonds is 4. The fraction of sp³-hybridized carbons (Fsp3) is 0.750. The minimum Gasteiger partial charge on any atom is -0.390 e. The highest BCUT2D eigenvalue weighted by molar-refractivity contribution is 7.99. The lowest BCUT2D eigenvalue weighted by Gasteiger charge is -2.15. The van der Waals surface area contributed by atoms with Crippen LogP contribution in [0.2, 0.25) is 0 Å². The van der Waals surface area contributed by atoms with E-state index in [-0.39, 0.29) is 0 Å². The molecule has 14 heavy (non-hydrogen) atoms. The molecule has 5 nitrogen and oxygen atoms in total. The number of aryl methyl sites for hydroxylation is 1. The van der Waals surface area contributed by atoms with Crippen molar-refractivity contribution in [3.63, 3.8) is 0 Å². The second-order valence-electron chi connectivity index (χ2n) is 3.72. The summed E-state index contributed by atoms with van der Waals surface area (Å²) in [6.45, 7) is 5.47. The first-order valence-corrected chi connectivity index (χ1v) is 5.47. The van der Waals surface area contributed by atoms with Gasteiger partial charge in [0, 0.05) is 12.2 Å². The first-order chi connectivity index (χ1) is 6.44. The molecule has 80 valence electrons. The van der Waals surface area contributed by atoms with E-state index in [9.17, 15) is 5.11 Å². The molecule has 1 heterocycles. The van der Waals surface area contributed by atoms with Crippen LogP contribution in [-0.4, -0.2) is 31.3 Å². The van der Waals surface area contributed by atoms with Gasteiger partial charge < -0.3 is 10.9 Å². The Morgan fingerprint density at radius 2 is 2.14 bits per heavy atom. The molecule has 0 spiro atoms. The van der Waals surface area contributed by atoms with Crippen LogP contribution in [0.15, 0.2) is 5.16 Å². The third kappa shape index (κ3) is 2.88. The third-order valence-corrected chi connectivity index (χ3v) is 2.99. The van der Waals surface area contributed by atoms with Gasteiger partial charge in [0.1, 0.15) is 0 Å². The molecule has 0 bridgehead atoms.